The summed E-state index contributed by atoms with van der Waals surface area (Å²) in [7, 11) is 0. The van der Waals surface area contributed by atoms with Gasteiger partial charge in [-0.2, -0.15) is 0 Å². The third kappa shape index (κ3) is 3.57. The Balaban J connectivity index is 2.52. The second-order valence-corrected chi connectivity index (χ2v) is 5.67. The molecule has 1 aromatic heterocycles. The van der Waals surface area contributed by atoms with Crippen molar-refractivity contribution in [1.29, 1.82) is 0 Å². The van der Waals surface area contributed by atoms with E-state index in [4.69, 9.17) is 5.73 Å². The van der Waals surface area contributed by atoms with Crippen molar-refractivity contribution < 1.29 is 4.79 Å². The third-order valence-corrected chi connectivity index (χ3v) is 3.01. The fourth-order valence-electron chi connectivity index (χ4n) is 1.06. The van der Waals surface area contributed by atoms with E-state index in [1.54, 1.807) is 25.2 Å². The van der Waals surface area contributed by atoms with Crippen LogP contribution in [0.5, 0.6) is 0 Å². The molecule has 0 fully saturated rings. The van der Waals surface area contributed by atoms with E-state index in [1.807, 2.05) is 5.38 Å². The molecule has 0 aliphatic heterocycles. The lowest BCUT2D eigenvalue weighted by molar-refractivity contribution is -0.125. The molecule has 90 valence electrons. The van der Waals surface area contributed by atoms with Gasteiger partial charge in [0.2, 0.25) is 5.91 Å². The van der Waals surface area contributed by atoms with E-state index in [0.717, 1.165) is 10.7 Å². The molecule has 1 rings (SSSR count). The van der Waals surface area contributed by atoms with Gasteiger partial charge in [0.25, 0.3) is 0 Å². The number of nitrogens with one attached hydrogen (secondary N) is 1. The van der Waals surface area contributed by atoms with Gasteiger partial charge in [-0.1, -0.05) is 13.8 Å². The molecule has 5 heteroatoms. The molecule has 0 radical (unpaired) electrons. The molecule has 0 saturated heterocycles. The van der Waals surface area contributed by atoms with Gasteiger partial charge in [-0.15, -0.1) is 11.3 Å². The quantitative estimate of drug-likeness (QED) is 0.841. The Morgan fingerprint density at radius 3 is 2.69 bits per heavy atom. The number of thiazole rings is 1. The number of amides is 1. The summed E-state index contributed by atoms with van der Waals surface area (Å²) in [6, 6.07) is 0. The third-order valence-electron chi connectivity index (χ3n) is 2.15. The molecule has 1 amide bonds. The molecule has 0 unspecified atom stereocenters. The van der Waals surface area contributed by atoms with E-state index >= 15 is 0 Å². The first-order chi connectivity index (χ1) is 7.30. The molecule has 3 N–H and O–H groups in total. The highest BCUT2D eigenvalue weighted by molar-refractivity contribution is 7.09. The van der Waals surface area contributed by atoms with Crippen molar-refractivity contribution in [3.63, 3.8) is 0 Å². The van der Waals surface area contributed by atoms with Crippen molar-refractivity contribution >= 4 is 17.2 Å². The van der Waals surface area contributed by atoms with Crippen molar-refractivity contribution in [2.75, 3.05) is 0 Å². The molecule has 1 aromatic rings. The van der Waals surface area contributed by atoms with Crippen LogP contribution in [0.25, 0.3) is 0 Å². The van der Waals surface area contributed by atoms with Crippen molar-refractivity contribution in [1.82, 2.24) is 10.3 Å². The van der Waals surface area contributed by atoms with E-state index in [1.165, 1.54) is 0 Å². The first kappa shape index (κ1) is 13.1. The monoisotopic (exact) mass is 241 g/mol. The number of aromatic nitrogens is 1. The van der Waals surface area contributed by atoms with Crippen molar-refractivity contribution in [2.24, 2.45) is 5.73 Å². The van der Waals surface area contributed by atoms with E-state index in [2.05, 4.69) is 24.1 Å². The van der Waals surface area contributed by atoms with Crippen LogP contribution in [0, 0.1) is 0 Å². The highest BCUT2D eigenvalue weighted by Gasteiger charge is 2.21. The van der Waals surface area contributed by atoms with Crippen molar-refractivity contribution in [3.8, 4) is 0 Å². The zero-order valence-corrected chi connectivity index (χ0v) is 11.0. The first-order valence-electron chi connectivity index (χ1n) is 5.32. The van der Waals surface area contributed by atoms with Crippen LogP contribution in [0.3, 0.4) is 0 Å². The summed E-state index contributed by atoms with van der Waals surface area (Å²) in [5.74, 6) is 0.264. The molecular weight excluding hydrogens is 222 g/mol. The molecule has 0 aromatic carbocycles. The van der Waals surface area contributed by atoms with Crippen molar-refractivity contribution in [3.05, 3.63) is 16.1 Å². The number of nitrogens with two attached hydrogens (primary N) is 1. The SMILES string of the molecule is CC(C)c1csc(CNC(=O)C(C)(C)N)n1. The lowest BCUT2D eigenvalue weighted by Crippen LogP contribution is -2.48. The van der Waals surface area contributed by atoms with Crippen LogP contribution in [0.2, 0.25) is 0 Å². The molecule has 16 heavy (non-hydrogen) atoms. The minimum absolute atomic E-state index is 0.159. The number of hydrogen-bond donors (Lipinski definition) is 2. The lowest BCUT2D eigenvalue weighted by atomic mass is 10.1. The van der Waals surface area contributed by atoms with Crippen LogP contribution in [-0.2, 0) is 11.3 Å². The Kier molecular flexibility index (Phi) is 4.04. The van der Waals surface area contributed by atoms with Crippen molar-refractivity contribution in [2.45, 2.75) is 45.7 Å². The standard InChI is InChI=1S/C11H19N3OS/c1-7(2)8-6-16-9(14-8)5-13-10(15)11(3,4)12/h6-7H,5,12H2,1-4H3,(H,13,15). The van der Waals surface area contributed by atoms with E-state index in [9.17, 15) is 4.79 Å². The Labute approximate surface area is 100 Å². The number of nitrogens with zero attached hydrogens (tertiary/aromatic N) is 1. The molecular formula is C11H19N3OS. The Bertz CT molecular complexity index is 366. The minimum Gasteiger partial charge on any atom is -0.348 e. The highest BCUT2D eigenvalue weighted by atomic mass is 32.1. The number of carbonyl (C=O) groups excluding carboxylic acids is 1. The number of carbonyl (C=O) groups is 1. The number of rotatable bonds is 4. The van der Waals surface area contributed by atoms with Gasteiger partial charge in [0.15, 0.2) is 0 Å². The van der Waals surface area contributed by atoms with Crippen LogP contribution < -0.4 is 11.1 Å². The smallest absolute Gasteiger partial charge is 0.239 e. The van der Waals surface area contributed by atoms with Gasteiger partial charge in [-0.3, -0.25) is 4.79 Å². The summed E-state index contributed by atoms with van der Waals surface area (Å²) >= 11 is 1.56. The summed E-state index contributed by atoms with van der Waals surface area (Å²) in [5, 5.41) is 5.72. The molecule has 4 nitrogen and oxygen atoms in total. The summed E-state index contributed by atoms with van der Waals surface area (Å²) < 4.78 is 0. The molecule has 0 saturated carbocycles. The van der Waals surface area contributed by atoms with Crippen LogP contribution in [0.1, 0.15) is 44.3 Å². The largest absolute Gasteiger partial charge is 0.348 e. The maximum absolute atomic E-state index is 11.5. The van der Waals surface area contributed by atoms with E-state index in [0.29, 0.717) is 12.5 Å². The van der Waals surface area contributed by atoms with Gasteiger partial charge >= 0.3 is 0 Å². The second-order valence-electron chi connectivity index (χ2n) is 4.73. The van der Waals surface area contributed by atoms with Gasteiger partial charge in [0.05, 0.1) is 17.8 Å². The highest BCUT2D eigenvalue weighted by Crippen LogP contribution is 2.17. The Hall–Kier alpha value is -0.940. The molecule has 1 heterocycles. The summed E-state index contributed by atoms with van der Waals surface area (Å²) in [5.41, 5.74) is 5.90. The average molecular weight is 241 g/mol. The van der Waals surface area contributed by atoms with Gasteiger partial charge in [0.1, 0.15) is 5.01 Å². The topological polar surface area (TPSA) is 68.0 Å². The summed E-state index contributed by atoms with van der Waals surface area (Å²) in [6.45, 7) is 8.02. The molecule has 0 bridgehead atoms. The van der Waals surface area contributed by atoms with Gasteiger partial charge in [0, 0.05) is 5.38 Å². The maximum atomic E-state index is 11.5. The molecule has 0 aliphatic carbocycles. The summed E-state index contributed by atoms with van der Waals surface area (Å²) in [4.78, 5) is 15.9. The van der Waals surface area contributed by atoms with E-state index < -0.39 is 5.54 Å². The lowest BCUT2D eigenvalue weighted by Gasteiger charge is -2.16. The molecule has 0 spiro atoms. The fourth-order valence-corrected chi connectivity index (χ4v) is 1.95. The Morgan fingerprint density at radius 1 is 1.62 bits per heavy atom. The van der Waals surface area contributed by atoms with Crippen LogP contribution >= 0.6 is 11.3 Å². The predicted molar refractivity (Wildman–Crippen MR) is 66.3 cm³/mol. The molecule has 0 atom stereocenters. The average Bonchev–Trinajstić information content (AvgIpc) is 2.60. The van der Waals surface area contributed by atoms with Crippen LogP contribution in [-0.4, -0.2) is 16.4 Å². The normalized spacial score (nSPS) is 11.9. The minimum atomic E-state index is -0.835. The Morgan fingerprint density at radius 2 is 2.25 bits per heavy atom. The first-order valence-corrected chi connectivity index (χ1v) is 6.20. The summed E-state index contributed by atoms with van der Waals surface area (Å²) in [6.07, 6.45) is 0. The van der Waals surface area contributed by atoms with E-state index in [-0.39, 0.29) is 5.91 Å². The van der Waals surface area contributed by atoms with Gasteiger partial charge < -0.3 is 11.1 Å². The predicted octanol–water partition coefficient (Wildman–Crippen LogP) is 1.62. The number of hydrogen-bond acceptors (Lipinski definition) is 4. The fraction of sp³-hybridized carbons (Fsp3) is 0.636. The van der Waals surface area contributed by atoms with Gasteiger partial charge in [-0.05, 0) is 19.8 Å². The van der Waals surface area contributed by atoms with Crippen LogP contribution in [0.15, 0.2) is 5.38 Å². The van der Waals surface area contributed by atoms with Gasteiger partial charge in [-0.25, -0.2) is 4.98 Å². The molecule has 0 aliphatic rings. The van der Waals surface area contributed by atoms with Crippen LogP contribution in [0.4, 0.5) is 0 Å². The maximum Gasteiger partial charge on any atom is 0.239 e. The zero-order valence-electron chi connectivity index (χ0n) is 10.2. The zero-order chi connectivity index (χ0) is 12.3. The second kappa shape index (κ2) is 4.93.